The van der Waals surface area contributed by atoms with Gasteiger partial charge in [0, 0.05) is 24.5 Å². The van der Waals surface area contributed by atoms with Crippen molar-refractivity contribution >= 4 is 17.3 Å². The van der Waals surface area contributed by atoms with Crippen LogP contribution in [0.25, 0.3) is 0 Å². The average molecular weight is 468 g/mol. The minimum Gasteiger partial charge on any atom is -0.372 e. The molecule has 4 nitrogen and oxygen atoms in total. The summed E-state index contributed by atoms with van der Waals surface area (Å²) in [5, 5.41) is 3.26. The largest absolute Gasteiger partial charge is 0.372 e. The average Bonchev–Trinajstić information content (AvgIpc) is 3.20. The van der Waals surface area contributed by atoms with E-state index in [0.29, 0.717) is 5.92 Å². The zero-order valence-corrected chi connectivity index (χ0v) is 21.0. The number of carbonyl (C=O) groups excluding carboxylic acids is 1. The molecule has 1 unspecified atom stereocenters. The number of hydrogen-bond donors (Lipinski definition) is 1. The van der Waals surface area contributed by atoms with Crippen LogP contribution in [0.2, 0.25) is 0 Å². The van der Waals surface area contributed by atoms with Gasteiger partial charge < -0.3 is 15.1 Å². The summed E-state index contributed by atoms with van der Waals surface area (Å²) in [5.41, 5.74) is 5.15. The third kappa shape index (κ3) is 4.48. The van der Waals surface area contributed by atoms with Gasteiger partial charge in [-0.05, 0) is 87.5 Å². The Hall–Kier alpha value is -3.11. The van der Waals surface area contributed by atoms with Crippen molar-refractivity contribution in [3.63, 3.8) is 0 Å². The molecule has 2 aliphatic rings. The Balaban J connectivity index is 1.38. The third-order valence-electron chi connectivity index (χ3n) is 8.16. The van der Waals surface area contributed by atoms with E-state index in [2.05, 4.69) is 102 Å². The van der Waals surface area contributed by atoms with Crippen LogP contribution in [-0.2, 0) is 10.2 Å². The molecular formula is C31H37N3O. The molecule has 0 spiro atoms. The highest BCUT2D eigenvalue weighted by atomic mass is 16.2. The summed E-state index contributed by atoms with van der Waals surface area (Å²) in [6.07, 6.45) is 3.15. The van der Waals surface area contributed by atoms with E-state index in [1.165, 1.54) is 24.1 Å². The number of amides is 1. The van der Waals surface area contributed by atoms with Crippen molar-refractivity contribution in [3.8, 4) is 0 Å². The van der Waals surface area contributed by atoms with Crippen LogP contribution >= 0.6 is 0 Å². The molecule has 35 heavy (non-hydrogen) atoms. The van der Waals surface area contributed by atoms with Crippen molar-refractivity contribution in [2.75, 3.05) is 42.9 Å². The predicted molar refractivity (Wildman–Crippen MR) is 145 cm³/mol. The van der Waals surface area contributed by atoms with Crippen molar-refractivity contribution in [2.24, 2.45) is 0 Å². The number of rotatable bonds is 8. The van der Waals surface area contributed by atoms with Gasteiger partial charge in [-0.2, -0.15) is 0 Å². The minimum atomic E-state index is -0.644. The second kappa shape index (κ2) is 10.2. The van der Waals surface area contributed by atoms with Gasteiger partial charge in [0.1, 0.15) is 5.41 Å². The second-order valence-corrected chi connectivity index (χ2v) is 9.90. The number of hydrogen-bond acceptors (Lipinski definition) is 3. The van der Waals surface area contributed by atoms with Crippen LogP contribution in [0, 0.1) is 0 Å². The standard InChI is InChI=1S/C31H37N3O/c1-3-34(4-2)27-15-16-28-29(23-27)32-30(35)31(28,26-13-9-6-10-14-26)19-22-33-20-17-25(18-21-33)24-11-7-5-8-12-24/h5-16,23,25H,3-4,17-22H2,1-2H3,(H,32,35). The fraction of sp³-hybridized carbons (Fsp3) is 0.387. The highest BCUT2D eigenvalue weighted by Gasteiger charge is 2.48. The maximum Gasteiger partial charge on any atom is 0.239 e. The normalized spacial score (nSPS) is 20.5. The summed E-state index contributed by atoms with van der Waals surface area (Å²) in [5.74, 6) is 0.749. The molecule has 3 aromatic rings. The Morgan fingerprint density at radius 2 is 1.57 bits per heavy atom. The predicted octanol–water partition coefficient (Wildman–Crippen LogP) is 6.04. The lowest BCUT2D eigenvalue weighted by molar-refractivity contribution is -0.119. The Kier molecular flexibility index (Phi) is 6.92. The summed E-state index contributed by atoms with van der Waals surface area (Å²) in [6.45, 7) is 9.33. The zero-order chi connectivity index (χ0) is 24.3. The summed E-state index contributed by atoms with van der Waals surface area (Å²) in [4.78, 5) is 18.6. The number of anilines is 2. The van der Waals surface area contributed by atoms with E-state index in [9.17, 15) is 4.79 Å². The molecule has 0 bridgehead atoms. The van der Waals surface area contributed by atoms with Gasteiger partial charge >= 0.3 is 0 Å². The van der Waals surface area contributed by atoms with E-state index in [1.807, 2.05) is 6.07 Å². The summed E-state index contributed by atoms with van der Waals surface area (Å²) in [7, 11) is 0. The topological polar surface area (TPSA) is 35.6 Å². The van der Waals surface area contributed by atoms with Crippen molar-refractivity contribution in [1.82, 2.24) is 4.90 Å². The summed E-state index contributed by atoms with van der Waals surface area (Å²) >= 11 is 0. The first-order valence-corrected chi connectivity index (χ1v) is 13.2. The number of piperidine rings is 1. The smallest absolute Gasteiger partial charge is 0.239 e. The van der Waals surface area contributed by atoms with E-state index >= 15 is 0 Å². The Labute approximate surface area is 210 Å². The van der Waals surface area contributed by atoms with Crippen LogP contribution in [0.1, 0.15) is 55.7 Å². The molecule has 1 amide bonds. The molecule has 1 N–H and O–H groups in total. The van der Waals surface area contributed by atoms with Crippen LogP contribution in [0.4, 0.5) is 11.4 Å². The SMILES string of the molecule is CCN(CC)c1ccc2c(c1)NC(=O)C2(CCN1CCC(c2ccccc2)CC1)c1ccccc1. The third-order valence-corrected chi connectivity index (χ3v) is 8.16. The lowest BCUT2D eigenvalue weighted by atomic mass is 9.72. The van der Waals surface area contributed by atoms with Crippen LogP contribution in [-0.4, -0.2) is 43.5 Å². The summed E-state index contributed by atoms with van der Waals surface area (Å²) < 4.78 is 0. The van der Waals surface area contributed by atoms with Gasteiger partial charge in [0.2, 0.25) is 5.91 Å². The molecule has 0 saturated carbocycles. The van der Waals surface area contributed by atoms with Gasteiger partial charge in [0.25, 0.3) is 0 Å². The molecule has 5 rings (SSSR count). The van der Waals surface area contributed by atoms with Gasteiger partial charge in [-0.25, -0.2) is 0 Å². The number of fused-ring (bicyclic) bond motifs is 1. The maximum atomic E-state index is 13.7. The second-order valence-electron chi connectivity index (χ2n) is 9.90. The van der Waals surface area contributed by atoms with Gasteiger partial charge in [0.15, 0.2) is 0 Å². The number of benzene rings is 3. The summed E-state index contributed by atoms with van der Waals surface area (Å²) in [6, 6.07) is 27.8. The minimum absolute atomic E-state index is 0.106. The molecule has 3 aromatic carbocycles. The molecule has 4 heteroatoms. The van der Waals surface area contributed by atoms with E-state index in [-0.39, 0.29) is 5.91 Å². The van der Waals surface area contributed by atoms with Crippen molar-refractivity contribution in [1.29, 1.82) is 0 Å². The van der Waals surface area contributed by atoms with Crippen LogP contribution in [0.15, 0.2) is 78.9 Å². The highest BCUT2D eigenvalue weighted by molar-refractivity contribution is 6.09. The van der Waals surface area contributed by atoms with Gasteiger partial charge in [-0.1, -0.05) is 66.7 Å². The molecule has 0 aromatic heterocycles. The maximum absolute atomic E-state index is 13.7. The molecule has 2 heterocycles. The Bertz CT molecular complexity index is 1130. The first-order chi connectivity index (χ1) is 17.2. The number of nitrogens with one attached hydrogen (secondary N) is 1. The monoisotopic (exact) mass is 467 g/mol. The highest BCUT2D eigenvalue weighted by Crippen LogP contribution is 2.46. The fourth-order valence-electron chi connectivity index (χ4n) is 6.09. The van der Waals surface area contributed by atoms with Crippen molar-refractivity contribution in [3.05, 3.63) is 95.6 Å². The molecule has 1 saturated heterocycles. The lowest BCUT2D eigenvalue weighted by Crippen LogP contribution is -2.41. The fourth-order valence-corrected chi connectivity index (χ4v) is 6.09. The zero-order valence-electron chi connectivity index (χ0n) is 21.0. The molecule has 1 atom stereocenters. The quantitative estimate of drug-likeness (QED) is 0.439. The Morgan fingerprint density at radius 3 is 2.23 bits per heavy atom. The molecule has 0 aliphatic carbocycles. The lowest BCUT2D eigenvalue weighted by Gasteiger charge is -2.35. The van der Waals surface area contributed by atoms with Gasteiger partial charge in [0.05, 0.1) is 0 Å². The van der Waals surface area contributed by atoms with E-state index in [4.69, 9.17) is 0 Å². The van der Waals surface area contributed by atoms with Gasteiger partial charge in [-0.15, -0.1) is 0 Å². The van der Waals surface area contributed by atoms with Crippen LogP contribution in [0.5, 0.6) is 0 Å². The first-order valence-electron chi connectivity index (χ1n) is 13.2. The Morgan fingerprint density at radius 1 is 0.914 bits per heavy atom. The molecule has 1 fully saturated rings. The van der Waals surface area contributed by atoms with E-state index < -0.39 is 5.41 Å². The molecular weight excluding hydrogens is 430 g/mol. The van der Waals surface area contributed by atoms with Crippen molar-refractivity contribution in [2.45, 2.75) is 44.4 Å². The first kappa shape index (κ1) is 23.6. The number of nitrogens with zero attached hydrogens (tertiary/aromatic N) is 2. The molecule has 182 valence electrons. The molecule has 2 aliphatic heterocycles. The van der Waals surface area contributed by atoms with Crippen LogP contribution < -0.4 is 10.2 Å². The van der Waals surface area contributed by atoms with Gasteiger partial charge in [-0.3, -0.25) is 4.79 Å². The van der Waals surface area contributed by atoms with Crippen LogP contribution in [0.3, 0.4) is 0 Å². The number of likely N-dealkylation sites (tertiary alicyclic amines) is 1. The molecule has 0 radical (unpaired) electrons. The van der Waals surface area contributed by atoms with E-state index in [1.54, 1.807) is 0 Å². The van der Waals surface area contributed by atoms with E-state index in [0.717, 1.165) is 56.0 Å². The van der Waals surface area contributed by atoms with Crippen molar-refractivity contribution < 1.29 is 4.79 Å². The number of carbonyl (C=O) groups is 1.